The number of aryl methyl sites for hydroxylation is 2. The van der Waals surface area contributed by atoms with Gasteiger partial charge in [0, 0.05) is 39.3 Å². The van der Waals surface area contributed by atoms with Crippen molar-refractivity contribution in [3.8, 4) is 11.5 Å². The number of hydrogen-bond donors (Lipinski definition) is 0. The summed E-state index contributed by atoms with van der Waals surface area (Å²) in [5.41, 5.74) is 2.56. The Morgan fingerprint density at radius 3 is 2.48 bits per heavy atom. The lowest BCUT2D eigenvalue weighted by Crippen LogP contribution is -2.48. The molecule has 1 atom stereocenters. The van der Waals surface area contributed by atoms with E-state index in [9.17, 15) is 0 Å². The first-order valence-corrected chi connectivity index (χ1v) is 11.8. The van der Waals surface area contributed by atoms with Crippen molar-refractivity contribution in [2.45, 2.75) is 39.4 Å². The molecule has 1 unspecified atom stereocenters. The molecule has 1 aromatic heterocycles. The van der Waals surface area contributed by atoms with Crippen molar-refractivity contribution >= 4 is 0 Å². The van der Waals surface area contributed by atoms with E-state index < -0.39 is 0 Å². The average Bonchev–Trinajstić information content (AvgIpc) is 3.49. The van der Waals surface area contributed by atoms with Crippen LogP contribution in [0, 0.1) is 5.92 Å². The quantitative estimate of drug-likeness (QED) is 0.524. The second-order valence-electron chi connectivity index (χ2n) is 9.18. The Morgan fingerprint density at radius 1 is 0.909 bits per heavy atom. The third kappa shape index (κ3) is 5.02. The molecule has 1 fully saturated rings. The molecule has 2 aliphatic rings. The molecule has 0 radical (unpaired) electrons. The van der Waals surface area contributed by atoms with Gasteiger partial charge in [0.15, 0.2) is 17.3 Å². The summed E-state index contributed by atoms with van der Waals surface area (Å²) in [6.45, 7) is 10.6. The number of tetrazole rings is 1. The molecule has 0 amide bonds. The van der Waals surface area contributed by atoms with Crippen LogP contribution in [-0.4, -0.2) is 63.0 Å². The summed E-state index contributed by atoms with van der Waals surface area (Å²) in [7, 11) is 0. The number of aromatic nitrogens is 4. The minimum Gasteiger partial charge on any atom is -0.454 e. The van der Waals surface area contributed by atoms with E-state index in [1.807, 2.05) is 16.8 Å². The Balaban J connectivity index is 1.21. The predicted molar refractivity (Wildman–Crippen MR) is 125 cm³/mol. The van der Waals surface area contributed by atoms with Gasteiger partial charge < -0.3 is 9.47 Å². The second kappa shape index (κ2) is 9.89. The molecule has 8 nitrogen and oxygen atoms in total. The molecule has 2 aromatic carbocycles. The van der Waals surface area contributed by atoms with Gasteiger partial charge in [-0.05, 0) is 46.0 Å². The summed E-state index contributed by atoms with van der Waals surface area (Å²) >= 11 is 0. The third-order valence-corrected chi connectivity index (χ3v) is 6.55. The first-order valence-electron chi connectivity index (χ1n) is 11.8. The minimum atomic E-state index is 0.212. The maximum absolute atomic E-state index is 5.53. The Kier molecular flexibility index (Phi) is 6.55. The molecule has 33 heavy (non-hydrogen) atoms. The molecule has 1 saturated heterocycles. The van der Waals surface area contributed by atoms with Gasteiger partial charge in [-0.15, -0.1) is 5.10 Å². The van der Waals surface area contributed by atoms with Gasteiger partial charge in [-0.1, -0.05) is 50.2 Å². The van der Waals surface area contributed by atoms with Gasteiger partial charge in [0.05, 0.1) is 6.04 Å². The molecule has 3 aromatic rings. The monoisotopic (exact) mass is 448 g/mol. The van der Waals surface area contributed by atoms with Crippen LogP contribution in [0.25, 0.3) is 0 Å². The first-order chi connectivity index (χ1) is 16.2. The van der Waals surface area contributed by atoms with E-state index in [-0.39, 0.29) is 6.04 Å². The SMILES string of the molecule is CC(C)C(c1nnnn1CCc1ccccc1)N1CCN(Cc2ccc3c(c2)OCO3)CC1. The topological polar surface area (TPSA) is 68.5 Å². The normalized spacial score (nSPS) is 17.5. The Bertz CT molecular complexity index is 1050. The van der Waals surface area contributed by atoms with E-state index in [4.69, 9.17) is 9.47 Å². The summed E-state index contributed by atoms with van der Waals surface area (Å²) in [5, 5.41) is 12.8. The van der Waals surface area contributed by atoms with Gasteiger partial charge in [-0.2, -0.15) is 0 Å². The van der Waals surface area contributed by atoms with Crippen LogP contribution in [-0.2, 0) is 19.5 Å². The van der Waals surface area contributed by atoms with Crippen molar-refractivity contribution in [1.29, 1.82) is 0 Å². The van der Waals surface area contributed by atoms with E-state index in [1.165, 1.54) is 11.1 Å². The maximum atomic E-state index is 5.53. The largest absolute Gasteiger partial charge is 0.454 e. The Labute approximate surface area is 195 Å². The Morgan fingerprint density at radius 2 is 1.70 bits per heavy atom. The summed E-state index contributed by atoms with van der Waals surface area (Å²) in [4.78, 5) is 5.05. The van der Waals surface area contributed by atoms with Gasteiger partial charge in [0.1, 0.15) is 0 Å². The molecular formula is C25H32N6O2. The number of benzene rings is 2. The molecule has 5 rings (SSSR count). The fourth-order valence-electron chi connectivity index (χ4n) is 4.84. The van der Waals surface area contributed by atoms with Crippen molar-refractivity contribution in [2.75, 3.05) is 33.0 Å². The fourth-order valence-corrected chi connectivity index (χ4v) is 4.84. The molecule has 3 heterocycles. The number of fused-ring (bicyclic) bond motifs is 1. The van der Waals surface area contributed by atoms with Crippen molar-refractivity contribution in [3.63, 3.8) is 0 Å². The molecule has 0 saturated carbocycles. The molecular weight excluding hydrogens is 416 g/mol. The van der Waals surface area contributed by atoms with E-state index in [2.05, 4.69) is 75.6 Å². The highest BCUT2D eigenvalue weighted by Gasteiger charge is 2.31. The summed E-state index contributed by atoms with van der Waals surface area (Å²) in [5.74, 6) is 3.10. The summed E-state index contributed by atoms with van der Waals surface area (Å²) in [6, 6.07) is 17.0. The van der Waals surface area contributed by atoms with E-state index in [1.54, 1.807) is 0 Å². The molecule has 8 heteroatoms. The lowest BCUT2D eigenvalue weighted by Gasteiger charge is -2.40. The average molecular weight is 449 g/mol. The zero-order chi connectivity index (χ0) is 22.6. The Hall–Kier alpha value is -2.97. The first kappa shape index (κ1) is 21.9. The van der Waals surface area contributed by atoms with Crippen LogP contribution in [0.15, 0.2) is 48.5 Å². The number of nitrogens with zero attached hydrogens (tertiary/aromatic N) is 6. The number of ether oxygens (including phenoxy) is 2. The maximum Gasteiger partial charge on any atom is 0.231 e. The van der Waals surface area contributed by atoms with Crippen LogP contribution in [0.2, 0.25) is 0 Å². The number of rotatable bonds is 8. The van der Waals surface area contributed by atoms with Crippen molar-refractivity contribution < 1.29 is 9.47 Å². The van der Waals surface area contributed by atoms with Crippen LogP contribution in [0.5, 0.6) is 11.5 Å². The summed E-state index contributed by atoms with van der Waals surface area (Å²) < 4.78 is 13.0. The highest BCUT2D eigenvalue weighted by molar-refractivity contribution is 5.44. The molecule has 2 aliphatic heterocycles. The second-order valence-corrected chi connectivity index (χ2v) is 9.18. The molecule has 0 aliphatic carbocycles. The van der Waals surface area contributed by atoms with Crippen LogP contribution in [0.3, 0.4) is 0 Å². The molecule has 0 spiro atoms. The molecule has 0 bridgehead atoms. The van der Waals surface area contributed by atoms with Crippen molar-refractivity contribution in [1.82, 2.24) is 30.0 Å². The predicted octanol–water partition coefficient (Wildman–Crippen LogP) is 3.16. The van der Waals surface area contributed by atoms with E-state index in [0.717, 1.165) is 63.0 Å². The summed E-state index contributed by atoms with van der Waals surface area (Å²) in [6.07, 6.45) is 0.924. The van der Waals surface area contributed by atoms with Crippen LogP contribution < -0.4 is 9.47 Å². The minimum absolute atomic E-state index is 0.212. The third-order valence-electron chi connectivity index (χ3n) is 6.55. The van der Waals surface area contributed by atoms with E-state index >= 15 is 0 Å². The zero-order valence-electron chi connectivity index (χ0n) is 19.4. The standard InChI is InChI=1S/C25H32N6O2/c1-19(2)24(25-26-27-28-31(25)11-10-20-6-4-3-5-7-20)30-14-12-29(13-15-30)17-21-8-9-22-23(16-21)33-18-32-22/h3-9,16,19,24H,10-15,17-18H2,1-2H3. The van der Waals surface area contributed by atoms with Gasteiger partial charge >= 0.3 is 0 Å². The molecule has 174 valence electrons. The highest BCUT2D eigenvalue weighted by atomic mass is 16.7. The van der Waals surface area contributed by atoms with Crippen LogP contribution in [0.1, 0.15) is 36.8 Å². The smallest absolute Gasteiger partial charge is 0.231 e. The lowest BCUT2D eigenvalue weighted by molar-refractivity contribution is 0.0661. The molecule has 0 N–H and O–H groups in total. The van der Waals surface area contributed by atoms with Crippen molar-refractivity contribution in [2.24, 2.45) is 5.92 Å². The van der Waals surface area contributed by atoms with Gasteiger partial charge in [-0.25, -0.2) is 4.68 Å². The zero-order valence-corrected chi connectivity index (χ0v) is 19.4. The van der Waals surface area contributed by atoms with Crippen LogP contribution >= 0.6 is 0 Å². The number of piperazine rings is 1. The lowest BCUT2D eigenvalue weighted by atomic mass is 10.0. The van der Waals surface area contributed by atoms with E-state index in [0.29, 0.717) is 12.7 Å². The van der Waals surface area contributed by atoms with Gasteiger partial charge in [0.25, 0.3) is 0 Å². The van der Waals surface area contributed by atoms with Gasteiger partial charge in [0.2, 0.25) is 6.79 Å². The van der Waals surface area contributed by atoms with Gasteiger partial charge in [-0.3, -0.25) is 9.80 Å². The van der Waals surface area contributed by atoms with Crippen molar-refractivity contribution in [3.05, 3.63) is 65.5 Å². The van der Waals surface area contributed by atoms with Crippen LogP contribution in [0.4, 0.5) is 0 Å². The highest BCUT2D eigenvalue weighted by Crippen LogP contribution is 2.33. The number of hydrogen-bond acceptors (Lipinski definition) is 7. The fraction of sp³-hybridized carbons (Fsp3) is 0.480.